The normalized spacial score (nSPS) is 45.2. The Bertz CT molecular complexity index is 709. The van der Waals surface area contributed by atoms with Gasteiger partial charge in [0, 0.05) is 11.8 Å². The molecule has 170 valence electrons. The summed E-state index contributed by atoms with van der Waals surface area (Å²) in [6, 6.07) is 0. The van der Waals surface area contributed by atoms with Crippen molar-refractivity contribution < 1.29 is 15.3 Å². The molecule has 0 heterocycles. The number of aliphatic hydroxyl groups excluding tert-OH is 3. The number of hydrogen-bond donors (Lipinski definition) is 3. The third-order valence-electron chi connectivity index (χ3n) is 10.1. The van der Waals surface area contributed by atoms with Crippen molar-refractivity contribution in [2.45, 2.75) is 104 Å². The highest BCUT2D eigenvalue weighted by molar-refractivity contribution is 5.40. The molecule has 0 aliphatic heterocycles. The van der Waals surface area contributed by atoms with Gasteiger partial charge in [0.1, 0.15) is 0 Å². The Balaban J connectivity index is 1.55. The van der Waals surface area contributed by atoms with Crippen molar-refractivity contribution in [3.63, 3.8) is 0 Å². The standard InChI is InChI=1S/C27H44O3/c1-16(2)24(29)11-6-17(3)21-9-10-22-20-8-7-18-14-19(28)15-25(30)27(18,5)23(20)12-13-26(21,22)4/h7-8,16-17,19,21-25,28-30H,6,9-15H2,1-5H3. The fourth-order valence-electron chi connectivity index (χ4n) is 7.99. The Morgan fingerprint density at radius 3 is 2.43 bits per heavy atom. The van der Waals surface area contributed by atoms with E-state index >= 15 is 0 Å². The Kier molecular flexibility index (Phi) is 6.05. The molecule has 3 fully saturated rings. The van der Waals surface area contributed by atoms with Gasteiger partial charge in [0.15, 0.2) is 0 Å². The maximum Gasteiger partial charge on any atom is 0.0661 e. The smallest absolute Gasteiger partial charge is 0.0661 e. The SMILES string of the molecule is CC(C)C(O)CCC(C)C1CCC2C3=CC=C4CC(O)CC(O)C4(C)C3CCC21C. The molecule has 3 saturated carbocycles. The molecular formula is C27H44O3. The van der Waals surface area contributed by atoms with Gasteiger partial charge in [0.2, 0.25) is 0 Å². The number of fused-ring (bicyclic) bond motifs is 5. The van der Waals surface area contributed by atoms with Crippen LogP contribution in [0.4, 0.5) is 0 Å². The van der Waals surface area contributed by atoms with Crippen LogP contribution in [0.15, 0.2) is 23.3 Å². The molecule has 0 saturated heterocycles. The molecule has 0 aromatic carbocycles. The maximum absolute atomic E-state index is 11.0. The predicted molar refractivity (Wildman–Crippen MR) is 122 cm³/mol. The minimum absolute atomic E-state index is 0.180. The van der Waals surface area contributed by atoms with E-state index in [-0.39, 0.29) is 11.5 Å². The molecule has 30 heavy (non-hydrogen) atoms. The molecule has 3 heteroatoms. The van der Waals surface area contributed by atoms with Crippen molar-refractivity contribution in [3.8, 4) is 0 Å². The molecule has 4 aliphatic rings. The molecule has 9 atom stereocenters. The average Bonchev–Trinajstić information content (AvgIpc) is 3.04. The summed E-state index contributed by atoms with van der Waals surface area (Å²) in [4.78, 5) is 0. The fourth-order valence-corrected chi connectivity index (χ4v) is 7.99. The summed E-state index contributed by atoms with van der Waals surface area (Å²) in [6.07, 6.45) is 11.8. The van der Waals surface area contributed by atoms with E-state index < -0.39 is 12.2 Å². The molecule has 9 unspecified atom stereocenters. The Morgan fingerprint density at radius 1 is 1.00 bits per heavy atom. The highest BCUT2D eigenvalue weighted by Crippen LogP contribution is 2.66. The second-order valence-corrected chi connectivity index (χ2v) is 12.0. The summed E-state index contributed by atoms with van der Waals surface area (Å²) in [6.45, 7) is 11.4. The van der Waals surface area contributed by atoms with Crippen molar-refractivity contribution >= 4 is 0 Å². The molecule has 3 nitrogen and oxygen atoms in total. The Hall–Kier alpha value is -0.640. The van der Waals surface area contributed by atoms with Crippen LogP contribution in [0.1, 0.15) is 86.0 Å². The molecule has 3 N–H and O–H groups in total. The van der Waals surface area contributed by atoms with Crippen molar-refractivity contribution in [2.24, 2.45) is 40.4 Å². The van der Waals surface area contributed by atoms with Crippen LogP contribution >= 0.6 is 0 Å². The van der Waals surface area contributed by atoms with E-state index in [1.165, 1.54) is 24.8 Å². The van der Waals surface area contributed by atoms with Gasteiger partial charge in [-0.2, -0.15) is 0 Å². The second kappa shape index (κ2) is 8.05. The first-order valence-electron chi connectivity index (χ1n) is 12.5. The van der Waals surface area contributed by atoms with Crippen LogP contribution in [0.25, 0.3) is 0 Å². The molecule has 0 amide bonds. The third-order valence-corrected chi connectivity index (χ3v) is 10.1. The van der Waals surface area contributed by atoms with Crippen molar-refractivity contribution in [2.75, 3.05) is 0 Å². The predicted octanol–water partition coefficient (Wildman–Crippen LogP) is 5.25. The van der Waals surface area contributed by atoms with Crippen molar-refractivity contribution in [1.29, 1.82) is 0 Å². The van der Waals surface area contributed by atoms with Gasteiger partial charge in [-0.25, -0.2) is 0 Å². The molecule has 0 bridgehead atoms. The van der Waals surface area contributed by atoms with Crippen LogP contribution < -0.4 is 0 Å². The summed E-state index contributed by atoms with van der Waals surface area (Å²) in [7, 11) is 0. The topological polar surface area (TPSA) is 60.7 Å². The zero-order valence-electron chi connectivity index (χ0n) is 19.8. The number of allylic oxidation sites excluding steroid dienone is 3. The second-order valence-electron chi connectivity index (χ2n) is 12.0. The van der Waals surface area contributed by atoms with Crippen LogP contribution in [0.3, 0.4) is 0 Å². The Labute approximate surface area is 183 Å². The summed E-state index contributed by atoms with van der Waals surface area (Å²) >= 11 is 0. The first-order valence-corrected chi connectivity index (χ1v) is 12.5. The molecule has 0 spiro atoms. The zero-order valence-corrected chi connectivity index (χ0v) is 19.8. The Morgan fingerprint density at radius 2 is 1.73 bits per heavy atom. The van der Waals surface area contributed by atoms with E-state index in [4.69, 9.17) is 0 Å². The first kappa shape index (κ1) is 22.6. The van der Waals surface area contributed by atoms with E-state index in [1.807, 2.05) is 0 Å². The largest absolute Gasteiger partial charge is 0.393 e. The minimum atomic E-state index is -0.445. The van der Waals surface area contributed by atoms with E-state index in [0.29, 0.717) is 41.9 Å². The van der Waals surface area contributed by atoms with Gasteiger partial charge in [-0.3, -0.25) is 0 Å². The van der Waals surface area contributed by atoms with Crippen LogP contribution in [0.5, 0.6) is 0 Å². The van der Waals surface area contributed by atoms with Gasteiger partial charge >= 0.3 is 0 Å². The van der Waals surface area contributed by atoms with Crippen molar-refractivity contribution in [3.05, 3.63) is 23.3 Å². The fraction of sp³-hybridized carbons (Fsp3) is 0.852. The summed E-state index contributed by atoms with van der Waals surface area (Å²) in [5.41, 5.74) is 2.99. The zero-order chi connectivity index (χ0) is 21.8. The molecule has 0 aromatic heterocycles. The molecule has 0 aromatic rings. The first-order chi connectivity index (χ1) is 14.1. The lowest BCUT2D eigenvalue weighted by molar-refractivity contribution is -0.0546. The maximum atomic E-state index is 11.0. The molecule has 0 radical (unpaired) electrons. The average molecular weight is 417 g/mol. The highest BCUT2D eigenvalue weighted by atomic mass is 16.3. The molecular weight excluding hydrogens is 372 g/mol. The number of aliphatic hydroxyl groups is 3. The number of hydrogen-bond acceptors (Lipinski definition) is 3. The lowest BCUT2D eigenvalue weighted by Gasteiger charge is -2.56. The van der Waals surface area contributed by atoms with E-state index in [0.717, 1.165) is 25.2 Å². The highest BCUT2D eigenvalue weighted by Gasteiger charge is 2.58. The lowest BCUT2D eigenvalue weighted by atomic mass is 9.49. The number of rotatable bonds is 5. The van der Waals surface area contributed by atoms with Crippen LogP contribution in [0, 0.1) is 40.4 Å². The quantitative estimate of drug-likeness (QED) is 0.573. The van der Waals surface area contributed by atoms with E-state index in [1.54, 1.807) is 5.57 Å². The minimum Gasteiger partial charge on any atom is -0.393 e. The van der Waals surface area contributed by atoms with Gasteiger partial charge in [-0.15, -0.1) is 0 Å². The monoisotopic (exact) mass is 416 g/mol. The summed E-state index contributed by atoms with van der Waals surface area (Å²) in [5.74, 6) is 2.75. The van der Waals surface area contributed by atoms with Crippen LogP contribution in [0.2, 0.25) is 0 Å². The van der Waals surface area contributed by atoms with Crippen LogP contribution in [-0.4, -0.2) is 33.6 Å². The van der Waals surface area contributed by atoms with Crippen molar-refractivity contribution in [1.82, 2.24) is 0 Å². The molecule has 4 rings (SSSR count). The van der Waals surface area contributed by atoms with Gasteiger partial charge in [0.05, 0.1) is 18.3 Å². The van der Waals surface area contributed by atoms with E-state index in [2.05, 4.69) is 46.8 Å². The summed E-state index contributed by atoms with van der Waals surface area (Å²) < 4.78 is 0. The van der Waals surface area contributed by atoms with Gasteiger partial charge < -0.3 is 15.3 Å². The van der Waals surface area contributed by atoms with E-state index in [9.17, 15) is 15.3 Å². The summed E-state index contributed by atoms with van der Waals surface area (Å²) in [5, 5.41) is 31.5. The van der Waals surface area contributed by atoms with Crippen LogP contribution in [-0.2, 0) is 0 Å². The van der Waals surface area contributed by atoms with Gasteiger partial charge in [-0.1, -0.05) is 57.9 Å². The van der Waals surface area contributed by atoms with Gasteiger partial charge in [-0.05, 0) is 80.0 Å². The van der Waals surface area contributed by atoms with Gasteiger partial charge in [0.25, 0.3) is 0 Å². The third kappa shape index (κ3) is 3.44. The lowest BCUT2D eigenvalue weighted by Crippen LogP contribution is -2.52. The molecule has 4 aliphatic carbocycles.